The molecule has 1 aliphatic heterocycles. The van der Waals surface area contributed by atoms with Gasteiger partial charge in [-0.3, -0.25) is 4.90 Å². The summed E-state index contributed by atoms with van der Waals surface area (Å²) < 4.78 is 10.7. The molecule has 0 spiro atoms. The smallest absolute Gasteiger partial charge is 0.407 e. The number of likely N-dealkylation sites (tertiary alicyclic amines) is 1. The van der Waals surface area contributed by atoms with Gasteiger partial charge in [-0.05, 0) is 105 Å². The maximum atomic E-state index is 12.5. The van der Waals surface area contributed by atoms with Crippen LogP contribution in [0, 0.1) is 28.6 Å². The van der Waals surface area contributed by atoms with Gasteiger partial charge in [0.05, 0.1) is 18.0 Å². The molecule has 3 N–H and O–H groups in total. The lowest BCUT2D eigenvalue weighted by molar-refractivity contribution is -0.202. The Labute approximate surface area is 231 Å². The van der Waals surface area contributed by atoms with Crippen molar-refractivity contribution >= 4 is 6.09 Å². The maximum Gasteiger partial charge on any atom is 0.407 e. The van der Waals surface area contributed by atoms with Crippen LogP contribution in [-0.2, 0) is 4.74 Å². The van der Waals surface area contributed by atoms with Crippen molar-refractivity contribution in [3.05, 3.63) is 34.4 Å². The molecule has 1 aromatic heterocycles. The van der Waals surface area contributed by atoms with E-state index in [9.17, 15) is 19.8 Å². The summed E-state index contributed by atoms with van der Waals surface area (Å²) in [5.41, 5.74) is -0.0192. The number of nitrogens with zero attached hydrogens (tertiary/aromatic N) is 1. The maximum absolute atomic E-state index is 12.5. The Balaban J connectivity index is 1.07. The summed E-state index contributed by atoms with van der Waals surface area (Å²) in [7, 11) is 0. The van der Waals surface area contributed by atoms with E-state index in [1.807, 2.05) is 6.07 Å². The van der Waals surface area contributed by atoms with Crippen molar-refractivity contribution in [1.29, 1.82) is 0 Å². The van der Waals surface area contributed by atoms with Gasteiger partial charge in [-0.15, -0.1) is 0 Å². The molecule has 8 heteroatoms. The van der Waals surface area contributed by atoms with E-state index < -0.39 is 5.60 Å². The zero-order valence-electron chi connectivity index (χ0n) is 23.6. The lowest BCUT2D eigenvalue weighted by Crippen LogP contribution is -2.62. The Hall–Kier alpha value is -1.90. The molecule has 9 atom stereocenters. The first kappa shape index (κ1) is 27.3. The van der Waals surface area contributed by atoms with Crippen LogP contribution >= 0.6 is 0 Å². The topological polar surface area (TPSA) is 112 Å². The minimum atomic E-state index is -0.699. The van der Waals surface area contributed by atoms with Crippen LogP contribution in [0.15, 0.2) is 27.6 Å². The van der Waals surface area contributed by atoms with Crippen molar-refractivity contribution in [2.45, 2.75) is 102 Å². The fourth-order valence-corrected chi connectivity index (χ4v) is 9.95. The summed E-state index contributed by atoms with van der Waals surface area (Å²) in [6.07, 6.45) is 10.8. The number of ether oxygens (including phenoxy) is 1. The number of carbonyl (C=O) groups is 1. The predicted molar refractivity (Wildman–Crippen MR) is 146 cm³/mol. The van der Waals surface area contributed by atoms with E-state index >= 15 is 0 Å². The second kappa shape index (κ2) is 10.2. The number of fused-ring (bicyclic) bond motifs is 5. The third kappa shape index (κ3) is 4.64. The second-order valence-electron chi connectivity index (χ2n) is 13.8. The molecule has 216 valence electrons. The second-order valence-corrected chi connectivity index (χ2v) is 13.8. The van der Waals surface area contributed by atoms with E-state index in [0.29, 0.717) is 31.5 Å². The standard InChI is InChI=1S/C31H46N2O6/c1-29-11-7-22(32-28(36)38-16-15-33-14-10-23(34)18-33)17-21(29)4-5-26-25(29)8-12-30(2)24(9-13-31(26,30)37)20-3-6-27(35)39-19-20/h3,6,19,21-26,34,37H,4-5,7-18H2,1-2H3,(H,32,36)/t21-,22+,23-,24-,25+,26-,29+,30-,31+/m1/s1. The molecular formula is C31H46N2O6. The van der Waals surface area contributed by atoms with Gasteiger partial charge in [-0.25, -0.2) is 9.59 Å². The Morgan fingerprint density at radius 3 is 2.69 bits per heavy atom. The number of aliphatic hydroxyl groups is 2. The molecule has 4 aliphatic carbocycles. The molecule has 39 heavy (non-hydrogen) atoms. The summed E-state index contributed by atoms with van der Waals surface area (Å²) >= 11 is 0. The summed E-state index contributed by atoms with van der Waals surface area (Å²) in [5.74, 6) is 1.53. The minimum Gasteiger partial charge on any atom is -0.448 e. The molecule has 0 unspecified atom stereocenters. The highest BCUT2D eigenvalue weighted by atomic mass is 16.5. The number of β-amino-alcohol motifs (C(OH)–C–C–N with tert-alkyl or cyclic N) is 1. The Morgan fingerprint density at radius 1 is 1.10 bits per heavy atom. The van der Waals surface area contributed by atoms with Crippen LogP contribution in [0.3, 0.4) is 0 Å². The van der Waals surface area contributed by atoms with Gasteiger partial charge in [0.2, 0.25) is 0 Å². The lowest BCUT2D eigenvalue weighted by atomic mass is 9.43. The van der Waals surface area contributed by atoms with Gasteiger partial charge in [-0.1, -0.05) is 13.8 Å². The van der Waals surface area contributed by atoms with Gasteiger partial charge in [0.25, 0.3) is 0 Å². The third-order valence-electron chi connectivity index (χ3n) is 12.2. The lowest BCUT2D eigenvalue weighted by Gasteiger charge is -2.63. The predicted octanol–water partition coefficient (Wildman–Crippen LogP) is 4.04. The van der Waals surface area contributed by atoms with Crippen LogP contribution in [0.4, 0.5) is 4.79 Å². The van der Waals surface area contributed by atoms with Crippen molar-refractivity contribution < 1.29 is 24.2 Å². The summed E-state index contributed by atoms with van der Waals surface area (Å²) in [4.78, 5) is 26.2. The van der Waals surface area contributed by atoms with Crippen LogP contribution in [0.1, 0.15) is 89.5 Å². The van der Waals surface area contributed by atoms with Crippen LogP contribution < -0.4 is 10.9 Å². The highest BCUT2D eigenvalue weighted by Crippen LogP contribution is 2.70. The first-order chi connectivity index (χ1) is 18.6. The molecule has 6 rings (SSSR count). The van der Waals surface area contributed by atoms with Gasteiger partial charge < -0.3 is 24.7 Å². The van der Waals surface area contributed by atoms with Gasteiger partial charge >= 0.3 is 11.7 Å². The van der Waals surface area contributed by atoms with Crippen molar-refractivity contribution in [3.63, 3.8) is 0 Å². The van der Waals surface area contributed by atoms with E-state index in [-0.39, 0.29) is 46.5 Å². The van der Waals surface area contributed by atoms with Crippen molar-refractivity contribution in [3.8, 4) is 0 Å². The number of amides is 1. The van der Waals surface area contributed by atoms with Gasteiger partial charge in [0, 0.05) is 37.2 Å². The van der Waals surface area contributed by atoms with Crippen LogP contribution in [-0.4, -0.2) is 65.2 Å². The Bertz CT molecular complexity index is 1100. The average Bonchev–Trinajstić information content (AvgIpc) is 3.44. The van der Waals surface area contributed by atoms with Crippen LogP contribution in [0.2, 0.25) is 0 Å². The first-order valence-electron chi connectivity index (χ1n) is 15.3. The molecule has 1 aromatic rings. The monoisotopic (exact) mass is 542 g/mol. The first-order valence-corrected chi connectivity index (χ1v) is 15.3. The van der Waals surface area contributed by atoms with E-state index in [2.05, 4.69) is 24.1 Å². The number of hydrogen-bond donors (Lipinski definition) is 3. The zero-order valence-corrected chi connectivity index (χ0v) is 23.6. The van der Waals surface area contributed by atoms with Crippen LogP contribution in [0.5, 0.6) is 0 Å². The molecule has 4 saturated carbocycles. The van der Waals surface area contributed by atoms with Crippen molar-refractivity contribution in [2.24, 2.45) is 28.6 Å². The fourth-order valence-electron chi connectivity index (χ4n) is 9.95. The fraction of sp³-hybridized carbons (Fsp3) is 0.806. The third-order valence-corrected chi connectivity index (χ3v) is 12.2. The Kier molecular flexibility index (Phi) is 7.12. The largest absolute Gasteiger partial charge is 0.448 e. The number of carbonyl (C=O) groups excluding carboxylic acids is 1. The highest BCUT2D eigenvalue weighted by molar-refractivity contribution is 5.67. The normalized spacial score (nSPS) is 43.8. The number of hydrogen-bond acceptors (Lipinski definition) is 7. The number of rotatable bonds is 5. The zero-order chi connectivity index (χ0) is 27.4. The van der Waals surface area contributed by atoms with Crippen LogP contribution in [0.25, 0.3) is 0 Å². The number of aliphatic hydroxyl groups excluding tert-OH is 1. The molecular weight excluding hydrogens is 496 g/mol. The highest BCUT2D eigenvalue weighted by Gasteiger charge is 2.67. The molecule has 5 fully saturated rings. The van der Waals surface area contributed by atoms with E-state index in [1.165, 1.54) is 6.07 Å². The molecule has 2 heterocycles. The average molecular weight is 543 g/mol. The number of alkyl carbamates (subject to hydrolysis) is 1. The van der Waals surface area contributed by atoms with Gasteiger partial charge in [0.1, 0.15) is 6.61 Å². The molecule has 1 saturated heterocycles. The van der Waals surface area contributed by atoms with E-state index in [0.717, 1.165) is 76.3 Å². The SMILES string of the molecule is C[C@]12CC[C@H](NC(=O)OCCN3CC[C@@H](O)C3)C[C@H]1CC[C@@H]1[C@@H]2CC[C@]2(C)[C@@H](c3ccc(=O)oc3)CC[C@]12O. The minimum absolute atomic E-state index is 0.140. The molecule has 8 nitrogen and oxygen atoms in total. The van der Waals surface area contributed by atoms with Gasteiger partial charge in [0.15, 0.2) is 0 Å². The van der Waals surface area contributed by atoms with Crippen molar-refractivity contribution in [1.82, 2.24) is 10.2 Å². The summed E-state index contributed by atoms with van der Waals surface area (Å²) in [6, 6.07) is 3.55. The molecule has 1 amide bonds. The van der Waals surface area contributed by atoms with E-state index in [1.54, 1.807) is 6.26 Å². The van der Waals surface area contributed by atoms with E-state index in [4.69, 9.17) is 9.15 Å². The molecule has 5 aliphatic rings. The van der Waals surface area contributed by atoms with Gasteiger partial charge in [-0.2, -0.15) is 0 Å². The molecule has 0 bridgehead atoms. The quantitative estimate of drug-likeness (QED) is 0.515. The summed E-state index contributed by atoms with van der Waals surface area (Å²) in [6.45, 7) is 7.27. The number of nitrogens with one attached hydrogen (secondary N) is 1. The molecule has 0 radical (unpaired) electrons. The van der Waals surface area contributed by atoms with Crippen molar-refractivity contribution in [2.75, 3.05) is 26.2 Å². The summed E-state index contributed by atoms with van der Waals surface area (Å²) in [5, 5.41) is 25.2. The molecule has 0 aromatic carbocycles. The Morgan fingerprint density at radius 2 is 1.95 bits per heavy atom.